The van der Waals surface area contributed by atoms with Crippen LogP contribution in [0.2, 0.25) is 0 Å². The predicted molar refractivity (Wildman–Crippen MR) is 89.3 cm³/mol. The molecule has 0 spiro atoms. The van der Waals surface area contributed by atoms with E-state index in [9.17, 15) is 13.2 Å². The summed E-state index contributed by atoms with van der Waals surface area (Å²) in [4.78, 5) is 16.4. The number of hydrogen-bond acceptors (Lipinski definition) is 6. The van der Waals surface area contributed by atoms with Gasteiger partial charge in [-0.2, -0.15) is 0 Å². The van der Waals surface area contributed by atoms with Crippen molar-refractivity contribution in [2.24, 2.45) is 0 Å². The normalized spacial score (nSPS) is 11.4. The molecular formula is C14H18N4O3S2. The molecule has 0 saturated carbocycles. The number of nitrogens with one attached hydrogen (secondary N) is 2. The number of H-pyrrole nitrogens is 1. The highest BCUT2D eigenvalue weighted by Crippen LogP contribution is 2.21. The average molecular weight is 354 g/mol. The fourth-order valence-corrected chi connectivity index (χ4v) is 3.36. The number of sulfone groups is 1. The van der Waals surface area contributed by atoms with E-state index in [0.717, 1.165) is 24.9 Å². The Morgan fingerprint density at radius 1 is 1.35 bits per heavy atom. The number of anilines is 1. The van der Waals surface area contributed by atoms with Gasteiger partial charge in [-0.1, -0.05) is 30.8 Å². The zero-order valence-electron chi connectivity index (χ0n) is 12.9. The zero-order valence-corrected chi connectivity index (χ0v) is 14.5. The third kappa shape index (κ3) is 5.07. The Bertz CT molecular complexity index is 787. The van der Waals surface area contributed by atoms with Crippen LogP contribution in [0.15, 0.2) is 34.3 Å². The monoisotopic (exact) mass is 354 g/mol. The largest absolute Gasteiger partial charge is 0.324 e. The molecule has 0 fully saturated rings. The summed E-state index contributed by atoms with van der Waals surface area (Å²) in [6.45, 7) is 2.04. The molecule has 0 unspecified atom stereocenters. The van der Waals surface area contributed by atoms with Gasteiger partial charge in [-0.25, -0.2) is 13.4 Å². The fraction of sp³-hybridized carbons (Fsp3) is 0.357. The lowest BCUT2D eigenvalue weighted by molar-refractivity contribution is -0.113. The molecule has 0 aliphatic rings. The van der Waals surface area contributed by atoms with Gasteiger partial charge in [0.05, 0.1) is 16.3 Å². The molecule has 23 heavy (non-hydrogen) atoms. The van der Waals surface area contributed by atoms with Crippen LogP contribution in [0.5, 0.6) is 0 Å². The lowest BCUT2D eigenvalue weighted by atomic mass is 10.3. The molecule has 1 aromatic carbocycles. The molecular weight excluding hydrogens is 336 g/mol. The van der Waals surface area contributed by atoms with Gasteiger partial charge in [-0.15, -0.1) is 5.10 Å². The smallest absolute Gasteiger partial charge is 0.234 e. The second-order valence-electron chi connectivity index (χ2n) is 4.92. The SMILES string of the molecule is CCCc1nc(SCC(=O)Nc2ccccc2S(C)(=O)=O)n[nH]1. The summed E-state index contributed by atoms with van der Waals surface area (Å²) in [5, 5.41) is 9.95. The molecule has 2 rings (SSSR count). The first-order chi connectivity index (χ1) is 10.9. The number of carbonyl (C=O) groups excluding carboxylic acids is 1. The minimum Gasteiger partial charge on any atom is -0.324 e. The van der Waals surface area contributed by atoms with Crippen molar-refractivity contribution in [3.05, 3.63) is 30.1 Å². The summed E-state index contributed by atoms with van der Waals surface area (Å²) in [7, 11) is -3.40. The van der Waals surface area contributed by atoms with Gasteiger partial charge in [-0.3, -0.25) is 9.89 Å². The van der Waals surface area contributed by atoms with Crippen molar-refractivity contribution in [1.82, 2.24) is 15.2 Å². The summed E-state index contributed by atoms with van der Waals surface area (Å²) in [5.74, 6) is 0.576. The highest BCUT2D eigenvalue weighted by molar-refractivity contribution is 7.99. The van der Waals surface area contributed by atoms with Gasteiger partial charge in [0.25, 0.3) is 0 Å². The van der Waals surface area contributed by atoms with E-state index >= 15 is 0 Å². The second-order valence-corrected chi connectivity index (χ2v) is 7.85. The molecule has 0 aliphatic carbocycles. The van der Waals surface area contributed by atoms with Crippen molar-refractivity contribution in [3.8, 4) is 0 Å². The third-order valence-electron chi connectivity index (χ3n) is 2.89. The van der Waals surface area contributed by atoms with Crippen LogP contribution in [0.4, 0.5) is 5.69 Å². The van der Waals surface area contributed by atoms with E-state index in [1.54, 1.807) is 18.2 Å². The Morgan fingerprint density at radius 3 is 2.78 bits per heavy atom. The molecule has 0 aliphatic heterocycles. The van der Waals surface area contributed by atoms with Crippen molar-refractivity contribution in [2.45, 2.75) is 29.8 Å². The van der Waals surface area contributed by atoms with Crippen molar-refractivity contribution in [1.29, 1.82) is 0 Å². The number of para-hydroxylation sites is 1. The number of aromatic amines is 1. The van der Waals surface area contributed by atoms with E-state index in [1.165, 1.54) is 17.8 Å². The molecule has 0 bridgehead atoms. The lowest BCUT2D eigenvalue weighted by Gasteiger charge is -2.08. The Kier molecular flexibility index (Phi) is 5.78. The molecule has 0 radical (unpaired) electrons. The first-order valence-corrected chi connectivity index (χ1v) is 9.91. The van der Waals surface area contributed by atoms with Crippen LogP contribution >= 0.6 is 11.8 Å². The number of thioether (sulfide) groups is 1. The zero-order chi connectivity index (χ0) is 16.9. The number of carbonyl (C=O) groups is 1. The Balaban J connectivity index is 1.97. The summed E-state index contributed by atoms with van der Waals surface area (Å²) in [6, 6.07) is 6.31. The van der Waals surface area contributed by atoms with E-state index in [4.69, 9.17) is 0 Å². The Hall–Kier alpha value is -1.87. The number of aryl methyl sites for hydroxylation is 1. The number of amides is 1. The van der Waals surface area contributed by atoms with E-state index < -0.39 is 9.84 Å². The quantitative estimate of drug-likeness (QED) is 0.736. The molecule has 1 amide bonds. The van der Waals surface area contributed by atoms with Crippen LogP contribution in [0, 0.1) is 0 Å². The van der Waals surface area contributed by atoms with Gasteiger partial charge in [-0.05, 0) is 18.6 Å². The van der Waals surface area contributed by atoms with Crippen LogP contribution in [-0.4, -0.2) is 41.5 Å². The minimum absolute atomic E-state index is 0.0986. The van der Waals surface area contributed by atoms with Gasteiger partial charge in [0.1, 0.15) is 5.82 Å². The number of benzene rings is 1. The first kappa shape index (κ1) is 17.5. The maximum atomic E-state index is 12.0. The van der Waals surface area contributed by atoms with Gasteiger partial charge in [0.2, 0.25) is 11.1 Å². The van der Waals surface area contributed by atoms with Crippen molar-refractivity contribution >= 4 is 33.2 Å². The molecule has 2 aromatic rings. The average Bonchev–Trinajstić information content (AvgIpc) is 2.93. The lowest BCUT2D eigenvalue weighted by Crippen LogP contribution is -2.16. The summed E-state index contributed by atoms with van der Waals surface area (Å²) in [6.07, 6.45) is 2.87. The van der Waals surface area contributed by atoms with Crippen LogP contribution in [0.25, 0.3) is 0 Å². The van der Waals surface area contributed by atoms with Gasteiger partial charge in [0.15, 0.2) is 9.84 Å². The number of hydrogen-bond donors (Lipinski definition) is 2. The third-order valence-corrected chi connectivity index (χ3v) is 4.89. The summed E-state index contributed by atoms with van der Waals surface area (Å²) in [5.41, 5.74) is 0.280. The number of rotatable bonds is 7. The van der Waals surface area contributed by atoms with Crippen LogP contribution in [0.1, 0.15) is 19.2 Å². The van der Waals surface area contributed by atoms with E-state index in [1.807, 2.05) is 6.92 Å². The van der Waals surface area contributed by atoms with Gasteiger partial charge >= 0.3 is 0 Å². The Labute approximate surface area is 139 Å². The molecule has 1 aromatic heterocycles. The molecule has 1 heterocycles. The first-order valence-electron chi connectivity index (χ1n) is 7.03. The molecule has 9 heteroatoms. The van der Waals surface area contributed by atoms with Gasteiger partial charge < -0.3 is 5.32 Å². The second kappa shape index (κ2) is 7.60. The Morgan fingerprint density at radius 2 is 2.09 bits per heavy atom. The van der Waals surface area contributed by atoms with E-state index in [2.05, 4.69) is 20.5 Å². The molecule has 124 valence electrons. The van der Waals surface area contributed by atoms with E-state index in [0.29, 0.717) is 5.16 Å². The van der Waals surface area contributed by atoms with Gasteiger partial charge in [0, 0.05) is 12.7 Å². The van der Waals surface area contributed by atoms with Crippen molar-refractivity contribution in [3.63, 3.8) is 0 Å². The van der Waals surface area contributed by atoms with Crippen molar-refractivity contribution < 1.29 is 13.2 Å². The van der Waals surface area contributed by atoms with E-state index in [-0.39, 0.29) is 22.2 Å². The summed E-state index contributed by atoms with van der Waals surface area (Å²) >= 11 is 1.19. The highest BCUT2D eigenvalue weighted by atomic mass is 32.2. The highest BCUT2D eigenvalue weighted by Gasteiger charge is 2.15. The molecule has 0 atom stereocenters. The minimum atomic E-state index is -3.40. The number of nitrogens with zero attached hydrogens (tertiary/aromatic N) is 2. The van der Waals surface area contributed by atoms with Crippen LogP contribution < -0.4 is 5.32 Å². The van der Waals surface area contributed by atoms with Crippen molar-refractivity contribution in [2.75, 3.05) is 17.3 Å². The molecule has 7 nitrogen and oxygen atoms in total. The summed E-state index contributed by atoms with van der Waals surface area (Å²) < 4.78 is 23.4. The molecule has 0 saturated heterocycles. The number of aromatic nitrogens is 3. The van der Waals surface area contributed by atoms with Crippen LogP contribution in [0.3, 0.4) is 0 Å². The topological polar surface area (TPSA) is 105 Å². The van der Waals surface area contributed by atoms with Crippen LogP contribution in [-0.2, 0) is 21.1 Å². The fourth-order valence-electron chi connectivity index (χ4n) is 1.90. The predicted octanol–water partition coefficient (Wildman–Crippen LogP) is 1.89. The standard InChI is InChI=1S/C14H18N4O3S2/c1-3-6-12-16-14(18-17-12)22-9-13(19)15-10-7-4-5-8-11(10)23(2,20)21/h4-5,7-8H,3,6,9H2,1-2H3,(H,15,19)(H,16,17,18). The maximum absolute atomic E-state index is 12.0. The molecule has 2 N–H and O–H groups in total. The maximum Gasteiger partial charge on any atom is 0.234 e.